The van der Waals surface area contributed by atoms with Gasteiger partial charge < -0.3 is 15.4 Å². The second-order valence-electron chi connectivity index (χ2n) is 5.49. The van der Waals surface area contributed by atoms with E-state index in [1.807, 2.05) is 0 Å². The molecule has 0 amide bonds. The van der Waals surface area contributed by atoms with Crippen LogP contribution in [-0.4, -0.2) is 30.8 Å². The Bertz CT molecular complexity index is 415. The maximum absolute atomic E-state index is 5.89. The summed E-state index contributed by atoms with van der Waals surface area (Å²) in [5.74, 6) is 0.486. The van der Waals surface area contributed by atoms with Crippen molar-refractivity contribution in [3.05, 3.63) is 10.6 Å². The van der Waals surface area contributed by atoms with Crippen LogP contribution in [0, 0.1) is 0 Å². The van der Waals surface area contributed by atoms with Gasteiger partial charge in [0.05, 0.1) is 11.8 Å². The molecule has 4 nitrogen and oxygen atoms in total. The van der Waals surface area contributed by atoms with Gasteiger partial charge in [-0.05, 0) is 32.1 Å². The Labute approximate surface area is 126 Å². The summed E-state index contributed by atoms with van der Waals surface area (Å²) in [5.41, 5.74) is 7.08. The first kappa shape index (κ1) is 15.7. The van der Waals surface area contributed by atoms with E-state index in [0.717, 1.165) is 31.2 Å². The average Bonchev–Trinajstić information content (AvgIpc) is 3.12. The fraction of sp³-hybridized carbons (Fsp3) is 0.800. The predicted molar refractivity (Wildman–Crippen MR) is 85.6 cm³/mol. The lowest BCUT2D eigenvalue weighted by atomic mass is 10.0. The van der Waals surface area contributed by atoms with Crippen molar-refractivity contribution in [1.82, 2.24) is 4.98 Å². The molecule has 0 spiro atoms. The molecule has 2 atom stereocenters. The second kappa shape index (κ2) is 7.38. The molecule has 0 aliphatic carbocycles. The quantitative estimate of drug-likeness (QED) is 0.840. The molecular formula is C15H27N3OS. The third-order valence-electron chi connectivity index (χ3n) is 4.08. The van der Waals surface area contributed by atoms with E-state index < -0.39 is 0 Å². The summed E-state index contributed by atoms with van der Waals surface area (Å²) in [6.45, 7) is 10.0. The Hall–Kier alpha value is -0.650. The van der Waals surface area contributed by atoms with Gasteiger partial charge in [-0.1, -0.05) is 13.8 Å². The van der Waals surface area contributed by atoms with E-state index in [1.165, 1.54) is 23.4 Å². The first-order chi connectivity index (χ1) is 9.69. The van der Waals surface area contributed by atoms with Gasteiger partial charge in [-0.2, -0.15) is 0 Å². The maximum Gasteiger partial charge on any atom is 0.185 e. The minimum absolute atomic E-state index is 0.368. The number of hydrogen-bond donors (Lipinski definition) is 1. The first-order valence-electron chi connectivity index (χ1n) is 7.75. The lowest BCUT2D eigenvalue weighted by Gasteiger charge is -2.23. The molecule has 2 heterocycles. The molecule has 1 fully saturated rings. The minimum Gasteiger partial charge on any atom is -0.376 e. The number of likely N-dealkylation sites (N-methyl/N-ethyl adjacent to an activating group) is 1. The highest BCUT2D eigenvalue weighted by molar-refractivity contribution is 7.15. The van der Waals surface area contributed by atoms with Gasteiger partial charge in [-0.25, -0.2) is 4.98 Å². The van der Waals surface area contributed by atoms with Crippen LogP contribution in [0.4, 0.5) is 5.13 Å². The number of thiazole rings is 1. The van der Waals surface area contributed by atoms with Gasteiger partial charge >= 0.3 is 0 Å². The molecule has 114 valence electrons. The van der Waals surface area contributed by atoms with Crippen molar-refractivity contribution in [2.45, 2.75) is 58.6 Å². The third kappa shape index (κ3) is 3.51. The zero-order valence-corrected chi connectivity index (χ0v) is 13.7. The fourth-order valence-corrected chi connectivity index (χ4v) is 3.72. The Balaban J connectivity index is 2.14. The molecule has 0 saturated carbocycles. The molecular weight excluding hydrogens is 270 g/mol. The van der Waals surface area contributed by atoms with Crippen molar-refractivity contribution in [3.63, 3.8) is 0 Å². The topological polar surface area (TPSA) is 51.4 Å². The molecule has 1 saturated heterocycles. The van der Waals surface area contributed by atoms with Gasteiger partial charge in [0.1, 0.15) is 0 Å². The van der Waals surface area contributed by atoms with E-state index in [2.05, 4.69) is 25.7 Å². The van der Waals surface area contributed by atoms with Gasteiger partial charge in [0.2, 0.25) is 0 Å². The number of hydrogen-bond acceptors (Lipinski definition) is 5. The molecule has 2 rings (SSSR count). The van der Waals surface area contributed by atoms with E-state index in [4.69, 9.17) is 15.5 Å². The summed E-state index contributed by atoms with van der Waals surface area (Å²) in [5, 5.41) is 1.11. The van der Waals surface area contributed by atoms with E-state index in [9.17, 15) is 0 Å². The highest BCUT2D eigenvalue weighted by atomic mass is 32.1. The van der Waals surface area contributed by atoms with Crippen molar-refractivity contribution in [2.24, 2.45) is 5.73 Å². The number of anilines is 1. The van der Waals surface area contributed by atoms with Gasteiger partial charge in [0, 0.05) is 31.1 Å². The first-order valence-corrected chi connectivity index (χ1v) is 8.57. The second-order valence-corrected chi connectivity index (χ2v) is 6.55. The van der Waals surface area contributed by atoms with Crippen LogP contribution in [-0.2, 0) is 11.3 Å². The fourth-order valence-electron chi connectivity index (χ4n) is 2.59. The van der Waals surface area contributed by atoms with Crippen molar-refractivity contribution in [3.8, 4) is 0 Å². The molecule has 2 N–H and O–H groups in total. The van der Waals surface area contributed by atoms with Gasteiger partial charge in [0.25, 0.3) is 0 Å². The van der Waals surface area contributed by atoms with Crippen LogP contribution in [0.3, 0.4) is 0 Å². The van der Waals surface area contributed by atoms with E-state index in [1.54, 1.807) is 11.3 Å². The Morgan fingerprint density at radius 2 is 2.30 bits per heavy atom. The highest BCUT2D eigenvalue weighted by Crippen LogP contribution is 2.32. The summed E-state index contributed by atoms with van der Waals surface area (Å²) in [6.07, 6.45) is 3.83. The van der Waals surface area contributed by atoms with Crippen molar-refractivity contribution >= 4 is 16.5 Å². The van der Waals surface area contributed by atoms with Crippen molar-refractivity contribution in [2.75, 3.05) is 24.6 Å². The smallest absolute Gasteiger partial charge is 0.185 e. The van der Waals surface area contributed by atoms with Gasteiger partial charge in [-0.3, -0.25) is 0 Å². The zero-order chi connectivity index (χ0) is 14.5. The Kier molecular flexibility index (Phi) is 5.81. The number of ether oxygens (including phenoxy) is 1. The summed E-state index contributed by atoms with van der Waals surface area (Å²) >= 11 is 1.75. The average molecular weight is 297 g/mol. The van der Waals surface area contributed by atoms with Gasteiger partial charge in [0.15, 0.2) is 5.13 Å². The summed E-state index contributed by atoms with van der Waals surface area (Å²) in [4.78, 5) is 8.45. The molecule has 20 heavy (non-hydrogen) atoms. The van der Waals surface area contributed by atoms with Crippen LogP contribution in [0.5, 0.6) is 0 Å². The van der Waals surface area contributed by atoms with Crippen molar-refractivity contribution in [1.29, 1.82) is 0 Å². The Morgan fingerprint density at radius 1 is 1.50 bits per heavy atom. The number of rotatable bonds is 7. The molecule has 1 aliphatic rings. The zero-order valence-electron chi connectivity index (χ0n) is 12.9. The Morgan fingerprint density at radius 3 is 2.85 bits per heavy atom. The molecule has 0 aromatic carbocycles. The van der Waals surface area contributed by atoms with Crippen LogP contribution in [0.15, 0.2) is 0 Å². The molecule has 5 heteroatoms. The lowest BCUT2D eigenvalue weighted by Crippen LogP contribution is -2.31. The summed E-state index contributed by atoms with van der Waals surface area (Å²) < 4.78 is 5.75. The summed E-state index contributed by atoms with van der Waals surface area (Å²) in [7, 11) is 0. The molecule has 0 bridgehead atoms. The number of nitrogens with zero attached hydrogens (tertiary/aromatic N) is 2. The molecule has 2 unspecified atom stereocenters. The maximum atomic E-state index is 5.89. The molecule has 1 aromatic rings. The highest BCUT2D eigenvalue weighted by Gasteiger charge is 2.22. The van der Waals surface area contributed by atoms with E-state index >= 15 is 0 Å². The molecule has 1 aliphatic heterocycles. The number of aromatic nitrogens is 1. The lowest BCUT2D eigenvalue weighted by molar-refractivity contribution is 0.115. The number of nitrogens with two attached hydrogens (primary N) is 1. The third-order valence-corrected chi connectivity index (χ3v) is 5.24. The van der Waals surface area contributed by atoms with Gasteiger partial charge in [-0.15, -0.1) is 11.3 Å². The minimum atomic E-state index is 0.368. The van der Waals surface area contributed by atoms with Crippen LogP contribution < -0.4 is 10.6 Å². The monoisotopic (exact) mass is 297 g/mol. The predicted octanol–water partition coefficient (Wildman–Crippen LogP) is 3.12. The normalized spacial score (nSPS) is 20.3. The van der Waals surface area contributed by atoms with Crippen LogP contribution in [0.2, 0.25) is 0 Å². The molecule has 0 radical (unpaired) electrons. The van der Waals surface area contributed by atoms with E-state index in [-0.39, 0.29) is 0 Å². The van der Waals surface area contributed by atoms with Crippen LogP contribution in [0.25, 0.3) is 0 Å². The standard InChI is InChI=1S/C15H27N3OS/c1-4-11(3)14-13(9-16)20-15(17-14)18(5-2)10-12-7-6-8-19-12/h11-12H,4-10,16H2,1-3H3. The van der Waals surface area contributed by atoms with Crippen molar-refractivity contribution < 1.29 is 4.74 Å². The SMILES string of the molecule is CCC(C)c1nc(N(CC)CC2CCCO2)sc1CN. The molecule has 1 aromatic heterocycles. The summed E-state index contributed by atoms with van der Waals surface area (Å²) in [6, 6.07) is 0. The largest absolute Gasteiger partial charge is 0.376 e. The van der Waals surface area contributed by atoms with Crippen LogP contribution in [0.1, 0.15) is 56.5 Å². The van der Waals surface area contributed by atoms with Crippen LogP contribution >= 0.6 is 11.3 Å². The van der Waals surface area contributed by atoms with E-state index in [0.29, 0.717) is 18.6 Å².